The summed E-state index contributed by atoms with van der Waals surface area (Å²) in [6.45, 7) is 9.10. The molecule has 0 aromatic carbocycles. The molecular formula is C15H30N2O. The Balaban J connectivity index is 2.38. The van der Waals surface area contributed by atoms with Gasteiger partial charge in [0.05, 0.1) is 0 Å². The first-order chi connectivity index (χ1) is 8.21. The fourth-order valence-corrected chi connectivity index (χ4v) is 2.83. The molecule has 0 atom stereocenters. The van der Waals surface area contributed by atoms with Crippen LogP contribution in [-0.4, -0.2) is 18.0 Å². The zero-order valence-electron chi connectivity index (χ0n) is 12.5. The molecule has 0 aromatic rings. The van der Waals surface area contributed by atoms with E-state index in [2.05, 4.69) is 19.2 Å². The Labute approximate surface area is 112 Å². The second-order valence-corrected chi connectivity index (χ2v) is 7.27. The van der Waals surface area contributed by atoms with Gasteiger partial charge in [0, 0.05) is 18.5 Å². The second-order valence-electron chi connectivity index (χ2n) is 7.27. The number of amides is 1. The van der Waals surface area contributed by atoms with Gasteiger partial charge in [-0.2, -0.15) is 0 Å². The van der Waals surface area contributed by atoms with Crippen LogP contribution in [0.1, 0.15) is 66.2 Å². The van der Waals surface area contributed by atoms with Gasteiger partial charge in [-0.05, 0) is 38.0 Å². The fraction of sp³-hybridized carbons (Fsp3) is 0.933. The molecule has 0 radical (unpaired) electrons. The molecule has 106 valence electrons. The van der Waals surface area contributed by atoms with Crippen molar-refractivity contribution in [2.24, 2.45) is 17.1 Å². The minimum absolute atomic E-state index is 0.0754. The lowest BCUT2D eigenvalue weighted by Crippen LogP contribution is -2.43. The summed E-state index contributed by atoms with van der Waals surface area (Å²) in [5.41, 5.74) is 5.64. The molecule has 0 bridgehead atoms. The van der Waals surface area contributed by atoms with E-state index in [9.17, 15) is 4.79 Å². The maximum absolute atomic E-state index is 11.8. The average Bonchev–Trinajstić information content (AvgIpc) is 2.26. The first-order valence-electron chi connectivity index (χ1n) is 7.26. The van der Waals surface area contributed by atoms with Gasteiger partial charge in [-0.15, -0.1) is 0 Å². The van der Waals surface area contributed by atoms with Crippen molar-refractivity contribution in [1.82, 2.24) is 5.32 Å². The van der Waals surface area contributed by atoms with Crippen molar-refractivity contribution in [2.45, 2.75) is 71.8 Å². The van der Waals surface area contributed by atoms with Crippen LogP contribution in [0, 0.1) is 11.3 Å². The predicted octanol–water partition coefficient (Wildman–Crippen LogP) is 2.84. The highest BCUT2D eigenvalue weighted by molar-refractivity contribution is 5.77. The maximum atomic E-state index is 11.8. The molecule has 3 N–H and O–H groups in total. The molecule has 0 heterocycles. The fourth-order valence-electron chi connectivity index (χ4n) is 2.83. The molecule has 1 rings (SSSR count). The second kappa shape index (κ2) is 6.05. The SMILES string of the molecule is CC(C)(N)CC(=O)NCC(C)(C)C1CCCCC1. The Morgan fingerprint density at radius 2 is 1.72 bits per heavy atom. The van der Waals surface area contributed by atoms with E-state index in [0.717, 1.165) is 12.5 Å². The Bertz CT molecular complexity index is 273. The minimum Gasteiger partial charge on any atom is -0.355 e. The molecule has 0 aromatic heterocycles. The zero-order chi connectivity index (χ0) is 13.8. The molecule has 1 aliphatic rings. The Hall–Kier alpha value is -0.570. The summed E-state index contributed by atoms with van der Waals surface area (Å²) in [6.07, 6.45) is 7.08. The monoisotopic (exact) mass is 254 g/mol. The quantitative estimate of drug-likeness (QED) is 0.792. The number of hydrogen-bond donors (Lipinski definition) is 2. The maximum Gasteiger partial charge on any atom is 0.221 e. The summed E-state index contributed by atoms with van der Waals surface area (Å²) in [6, 6.07) is 0. The number of nitrogens with one attached hydrogen (secondary N) is 1. The highest BCUT2D eigenvalue weighted by Crippen LogP contribution is 2.37. The van der Waals surface area contributed by atoms with Crippen LogP contribution in [0.3, 0.4) is 0 Å². The largest absolute Gasteiger partial charge is 0.355 e. The Morgan fingerprint density at radius 1 is 1.17 bits per heavy atom. The van der Waals surface area contributed by atoms with Crippen LogP contribution in [0.4, 0.5) is 0 Å². The molecule has 0 spiro atoms. The number of rotatable bonds is 5. The standard InChI is InChI=1S/C15H30N2O/c1-14(2,12-8-6-5-7-9-12)11-17-13(18)10-15(3,4)16/h12H,5-11,16H2,1-4H3,(H,17,18). The van der Waals surface area contributed by atoms with Crippen LogP contribution in [0.5, 0.6) is 0 Å². The molecule has 1 saturated carbocycles. The number of hydrogen-bond acceptors (Lipinski definition) is 2. The lowest BCUT2D eigenvalue weighted by molar-refractivity contribution is -0.122. The lowest BCUT2D eigenvalue weighted by Gasteiger charge is -2.37. The highest BCUT2D eigenvalue weighted by atomic mass is 16.1. The third-order valence-electron chi connectivity index (χ3n) is 4.07. The van der Waals surface area contributed by atoms with Crippen LogP contribution in [-0.2, 0) is 4.79 Å². The van der Waals surface area contributed by atoms with Gasteiger partial charge in [-0.1, -0.05) is 33.1 Å². The van der Waals surface area contributed by atoms with E-state index in [1.165, 1.54) is 32.1 Å². The summed E-state index contributed by atoms with van der Waals surface area (Å²) in [4.78, 5) is 11.8. The zero-order valence-corrected chi connectivity index (χ0v) is 12.5. The first kappa shape index (κ1) is 15.5. The Morgan fingerprint density at radius 3 is 2.22 bits per heavy atom. The van der Waals surface area contributed by atoms with Gasteiger partial charge in [0.15, 0.2) is 0 Å². The highest BCUT2D eigenvalue weighted by Gasteiger charge is 2.31. The first-order valence-corrected chi connectivity index (χ1v) is 7.26. The van der Waals surface area contributed by atoms with Crippen LogP contribution < -0.4 is 11.1 Å². The summed E-state index contributed by atoms with van der Waals surface area (Å²) in [7, 11) is 0. The van der Waals surface area contributed by atoms with Crippen molar-refractivity contribution in [1.29, 1.82) is 0 Å². The average molecular weight is 254 g/mol. The van der Waals surface area contributed by atoms with Crippen molar-refractivity contribution >= 4 is 5.91 Å². The molecule has 18 heavy (non-hydrogen) atoms. The topological polar surface area (TPSA) is 55.1 Å². The van der Waals surface area contributed by atoms with Gasteiger partial charge in [-0.3, -0.25) is 4.79 Å². The van der Waals surface area contributed by atoms with E-state index >= 15 is 0 Å². The third kappa shape index (κ3) is 5.38. The summed E-state index contributed by atoms with van der Waals surface area (Å²) >= 11 is 0. The van der Waals surface area contributed by atoms with Crippen molar-refractivity contribution in [3.63, 3.8) is 0 Å². The van der Waals surface area contributed by atoms with Gasteiger partial charge in [0.25, 0.3) is 0 Å². The molecule has 0 saturated heterocycles. The molecular weight excluding hydrogens is 224 g/mol. The van der Waals surface area contributed by atoms with Gasteiger partial charge in [-0.25, -0.2) is 0 Å². The van der Waals surface area contributed by atoms with Crippen LogP contribution in [0.25, 0.3) is 0 Å². The van der Waals surface area contributed by atoms with Crippen molar-refractivity contribution in [3.05, 3.63) is 0 Å². The molecule has 0 unspecified atom stereocenters. The van der Waals surface area contributed by atoms with E-state index in [-0.39, 0.29) is 11.3 Å². The van der Waals surface area contributed by atoms with Crippen molar-refractivity contribution in [2.75, 3.05) is 6.54 Å². The van der Waals surface area contributed by atoms with E-state index in [1.807, 2.05) is 13.8 Å². The molecule has 0 aliphatic heterocycles. The number of carbonyl (C=O) groups is 1. The molecule has 1 aliphatic carbocycles. The minimum atomic E-state index is -0.418. The van der Waals surface area contributed by atoms with Crippen LogP contribution >= 0.6 is 0 Å². The van der Waals surface area contributed by atoms with Crippen LogP contribution in [0.15, 0.2) is 0 Å². The number of nitrogens with two attached hydrogens (primary N) is 1. The Kier molecular flexibility index (Phi) is 5.20. The van der Waals surface area contributed by atoms with Crippen LogP contribution in [0.2, 0.25) is 0 Å². The summed E-state index contributed by atoms with van der Waals surface area (Å²) in [5.74, 6) is 0.823. The van der Waals surface area contributed by atoms with Gasteiger partial charge < -0.3 is 11.1 Å². The molecule has 1 fully saturated rings. The summed E-state index contributed by atoms with van der Waals surface area (Å²) < 4.78 is 0. The van der Waals surface area contributed by atoms with Gasteiger partial charge >= 0.3 is 0 Å². The molecule has 3 nitrogen and oxygen atoms in total. The molecule has 3 heteroatoms. The smallest absolute Gasteiger partial charge is 0.221 e. The van der Waals surface area contributed by atoms with Crippen molar-refractivity contribution in [3.8, 4) is 0 Å². The van der Waals surface area contributed by atoms with E-state index in [0.29, 0.717) is 6.42 Å². The van der Waals surface area contributed by atoms with Gasteiger partial charge in [0.1, 0.15) is 0 Å². The third-order valence-corrected chi connectivity index (χ3v) is 4.07. The normalized spacial score (nSPS) is 18.7. The number of carbonyl (C=O) groups excluding carboxylic acids is 1. The van der Waals surface area contributed by atoms with Gasteiger partial charge in [0.2, 0.25) is 5.91 Å². The predicted molar refractivity (Wildman–Crippen MR) is 76.2 cm³/mol. The van der Waals surface area contributed by atoms with E-state index in [1.54, 1.807) is 0 Å². The lowest BCUT2D eigenvalue weighted by atomic mass is 9.71. The van der Waals surface area contributed by atoms with E-state index in [4.69, 9.17) is 5.73 Å². The van der Waals surface area contributed by atoms with E-state index < -0.39 is 5.54 Å². The summed E-state index contributed by atoms with van der Waals surface area (Å²) in [5, 5.41) is 3.06. The molecule has 1 amide bonds. The van der Waals surface area contributed by atoms with Crippen molar-refractivity contribution < 1.29 is 4.79 Å².